The van der Waals surface area contributed by atoms with Gasteiger partial charge in [0.05, 0.1) is 21.4 Å². The number of nitrogens with zero attached hydrogens (tertiary/aromatic N) is 2. The summed E-state index contributed by atoms with van der Waals surface area (Å²) in [5, 5.41) is 6.63. The molecule has 7 nitrogen and oxygen atoms in total. The molecule has 1 unspecified atom stereocenters. The van der Waals surface area contributed by atoms with Crippen molar-refractivity contribution in [3.8, 4) is 0 Å². The number of allylic oxidation sites excluding steroid dienone is 5. The first kappa shape index (κ1) is 30.9. The van der Waals surface area contributed by atoms with Crippen molar-refractivity contribution in [2.45, 2.75) is 54.0 Å². The summed E-state index contributed by atoms with van der Waals surface area (Å²) in [6.07, 6.45) is 12.1. The van der Waals surface area contributed by atoms with E-state index in [9.17, 15) is 9.00 Å². The van der Waals surface area contributed by atoms with Gasteiger partial charge >= 0.3 is 0 Å². The van der Waals surface area contributed by atoms with Gasteiger partial charge in [-0.25, -0.2) is 5.84 Å². The first-order chi connectivity index (χ1) is 16.9. The molecule has 5 N–H and O–H groups in total. The zero-order valence-corrected chi connectivity index (χ0v) is 24.0. The molecule has 0 spiro atoms. The molecule has 0 aliphatic heterocycles. The molecule has 2 atom stereocenters. The van der Waals surface area contributed by atoms with Crippen LogP contribution in [0.1, 0.15) is 57.0 Å². The molecule has 0 fully saturated rings. The smallest absolute Gasteiger partial charge is 0.258 e. The van der Waals surface area contributed by atoms with Crippen molar-refractivity contribution in [1.82, 2.24) is 14.9 Å². The van der Waals surface area contributed by atoms with Crippen LogP contribution in [-0.4, -0.2) is 27.1 Å². The second-order valence-corrected chi connectivity index (χ2v) is 9.98. The third kappa shape index (κ3) is 8.53. The highest BCUT2D eigenvalue weighted by Crippen LogP contribution is 2.27. The van der Waals surface area contributed by atoms with Gasteiger partial charge in [-0.05, 0) is 68.8 Å². The average Bonchev–Trinajstić information content (AvgIpc) is 3.04. The molecule has 1 aromatic carbocycles. The third-order valence-corrected chi connectivity index (χ3v) is 6.44. The number of rotatable bonds is 5. The largest absolute Gasteiger partial charge is 0.401 e. The van der Waals surface area contributed by atoms with E-state index in [2.05, 4.69) is 24.4 Å². The van der Waals surface area contributed by atoms with Gasteiger partial charge in [-0.15, -0.1) is 0 Å². The maximum atomic E-state index is 12.7. The molecule has 0 saturated heterocycles. The van der Waals surface area contributed by atoms with E-state index < -0.39 is 10.8 Å². The van der Waals surface area contributed by atoms with E-state index in [0.29, 0.717) is 5.70 Å². The van der Waals surface area contributed by atoms with Crippen LogP contribution in [0.2, 0.25) is 0 Å². The topological polar surface area (TPSA) is 106 Å². The fraction of sp³-hybridized carbons (Fsp3) is 0.393. The average molecular weight is 514 g/mol. The lowest BCUT2D eigenvalue weighted by Crippen LogP contribution is -2.23. The van der Waals surface area contributed by atoms with Gasteiger partial charge in [-0.1, -0.05) is 38.1 Å². The van der Waals surface area contributed by atoms with Crippen LogP contribution in [0.3, 0.4) is 0 Å². The maximum absolute atomic E-state index is 12.7. The number of aryl methyl sites for hydroxylation is 2. The molecule has 0 saturated carbocycles. The summed E-state index contributed by atoms with van der Waals surface area (Å²) in [6.45, 7) is 11.8. The zero-order chi connectivity index (χ0) is 27.6. The molecule has 1 heterocycles. The lowest BCUT2D eigenvalue weighted by Gasteiger charge is -2.22. The monoisotopic (exact) mass is 513 g/mol. The van der Waals surface area contributed by atoms with Gasteiger partial charge in [0.2, 0.25) is 0 Å². The summed E-state index contributed by atoms with van der Waals surface area (Å²) in [6, 6.07) is 6.11. The summed E-state index contributed by atoms with van der Waals surface area (Å²) in [7, 11) is 2.45. The van der Waals surface area contributed by atoms with E-state index in [0.717, 1.165) is 44.6 Å². The van der Waals surface area contributed by atoms with Crippen LogP contribution in [0.15, 0.2) is 69.8 Å². The molecular weight excluding hydrogens is 470 g/mol. The minimum absolute atomic E-state index is 0.0222. The Labute approximate surface area is 218 Å². The fourth-order valence-corrected chi connectivity index (χ4v) is 4.57. The van der Waals surface area contributed by atoms with Crippen molar-refractivity contribution in [1.29, 1.82) is 0 Å². The lowest BCUT2D eigenvalue weighted by molar-refractivity contribution is 0.480. The molecule has 1 aliphatic carbocycles. The number of benzene rings is 1. The minimum atomic E-state index is -1.07. The van der Waals surface area contributed by atoms with Crippen LogP contribution in [0.25, 0.3) is 10.8 Å². The van der Waals surface area contributed by atoms with Crippen molar-refractivity contribution in [3.63, 3.8) is 0 Å². The number of aromatic nitrogens is 1. The number of hydrogen-bond acceptors (Lipinski definition) is 6. The number of hydrogen-bond donors (Lipinski definition) is 3. The molecule has 36 heavy (non-hydrogen) atoms. The van der Waals surface area contributed by atoms with Crippen LogP contribution in [-0.2, 0) is 17.8 Å². The summed E-state index contributed by atoms with van der Waals surface area (Å²) < 4.78 is 13.8. The van der Waals surface area contributed by atoms with Crippen LogP contribution in [0.5, 0.6) is 0 Å². The number of fused-ring (bicyclic) bond motifs is 1. The van der Waals surface area contributed by atoms with Gasteiger partial charge in [0.25, 0.3) is 5.56 Å². The normalized spacial score (nSPS) is 14.8. The van der Waals surface area contributed by atoms with Crippen molar-refractivity contribution in [2.24, 2.45) is 18.6 Å². The van der Waals surface area contributed by atoms with Crippen LogP contribution >= 0.6 is 0 Å². The Hall–Kier alpha value is -3.10. The second kappa shape index (κ2) is 14.5. The van der Waals surface area contributed by atoms with Crippen molar-refractivity contribution in [3.05, 3.63) is 92.2 Å². The number of pyridine rings is 1. The van der Waals surface area contributed by atoms with Gasteiger partial charge in [-0.3, -0.25) is 9.00 Å². The summed E-state index contributed by atoms with van der Waals surface area (Å²) in [5.41, 5.74) is 9.89. The summed E-state index contributed by atoms with van der Waals surface area (Å²) >= 11 is 0. The minimum Gasteiger partial charge on any atom is -0.401 e. The Kier molecular flexibility index (Phi) is 12.4. The highest BCUT2D eigenvalue weighted by molar-refractivity contribution is 7.88. The SMILES string of the molecule is C/C(N)=C/N(C)N.CC.Cc1cc([C@@H](C)NC2=CC=CCC=C2S(C)=O)c2cc(C)n(C)c(=O)c2c1. The summed E-state index contributed by atoms with van der Waals surface area (Å²) in [4.78, 5) is 13.5. The van der Waals surface area contributed by atoms with Crippen LogP contribution < -0.4 is 22.5 Å². The highest BCUT2D eigenvalue weighted by Gasteiger charge is 2.17. The number of nitrogens with two attached hydrogens (primary N) is 2. The number of hydrazine groups is 1. The predicted molar refractivity (Wildman–Crippen MR) is 155 cm³/mol. The molecule has 2 aromatic rings. The van der Waals surface area contributed by atoms with Gasteiger partial charge in [0.1, 0.15) is 0 Å². The van der Waals surface area contributed by atoms with Crippen molar-refractivity contribution in [2.75, 3.05) is 13.3 Å². The summed E-state index contributed by atoms with van der Waals surface area (Å²) in [5.74, 6) is 5.17. The van der Waals surface area contributed by atoms with Gasteiger partial charge in [0, 0.05) is 49.4 Å². The van der Waals surface area contributed by atoms with Gasteiger partial charge in [-0.2, -0.15) is 0 Å². The Morgan fingerprint density at radius 3 is 2.39 bits per heavy atom. The molecule has 0 amide bonds. The quantitative estimate of drug-likeness (QED) is 0.400. The van der Waals surface area contributed by atoms with Crippen LogP contribution in [0.4, 0.5) is 0 Å². The lowest BCUT2D eigenvalue weighted by atomic mass is 9.97. The van der Waals surface area contributed by atoms with E-state index in [-0.39, 0.29) is 11.6 Å². The van der Waals surface area contributed by atoms with E-state index in [1.807, 2.05) is 58.1 Å². The van der Waals surface area contributed by atoms with E-state index in [1.165, 1.54) is 5.01 Å². The first-order valence-electron chi connectivity index (χ1n) is 12.1. The fourth-order valence-electron chi connectivity index (χ4n) is 3.80. The third-order valence-electron chi connectivity index (χ3n) is 5.43. The molecule has 8 heteroatoms. The molecule has 0 bridgehead atoms. The molecule has 1 aromatic heterocycles. The van der Waals surface area contributed by atoms with Gasteiger partial charge in [0.15, 0.2) is 0 Å². The van der Waals surface area contributed by atoms with Crippen LogP contribution in [0, 0.1) is 13.8 Å². The van der Waals surface area contributed by atoms with Gasteiger partial charge < -0.3 is 20.6 Å². The predicted octanol–water partition coefficient (Wildman–Crippen LogP) is 4.55. The molecule has 3 rings (SSSR count). The highest BCUT2D eigenvalue weighted by atomic mass is 32.2. The Morgan fingerprint density at radius 2 is 1.86 bits per heavy atom. The maximum Gasteiger partial charge on any atom is 0.258 e. The van der Waals surface area contributed by atoms with Crippen molar-refractivity contribution < 1.29 is 4.21 Å². The zero-order valence-electron chi connectivity index (χ0n) is 23.2. The Bertz CT molecular complexity index is 1250. The molecule has 1 aliphatic rings. The Balaban J connectivity index is 0.000000623. The first-order valence-corrected chi connectivity index (χ1v) is 13.7. The Morgan fingerprint density at radius 1 is 1.22 bits per heavy atom. The van der Waals surface area contributed by atoms with E-state index in [4.69, 9.17) is 11.6 Å². The van der Waals surface area contributed by atoms with E-state index in [1.54, 1.807) is 38.0 Å². The van der Waals surface area contributed by atoms with E-state index >= 15 is 0 Å². The molecule has 198 valence electrons. The van der Waals surface area contributed by atoms with Crippen molar-refractivity contribution >= 4 is 21.6 Å². The second-order valence-electron chi connectivity index (χ2n) is 8.64. The molecular formula is C28H43N5O2S. The number of nitrogens with one attached hydrogen (secondary N) is 1. The standard InChI is InChI=1S/C22H26N2O2S.C4H11N3.C2H6/c1-14-11-17(18-13-15(2)24(4)22(25)19(18)12-14)16(3)23-20-9-7-6-8-10-21(20)27(5)26;1-4(5)3-7(2)6;1-2/h6-7,9-13,16,23H,8H2,1-5H3;3H,5-6H2,1-2H3;1-2H3/b;4-3-;/t16-,27?;;/m1../s1. The molecule has 0 radical (unpaired) electrons.